The Labute approximate surface area is 120 Å². The summed E-state index contributed by atoms with van der Waals surface area (Å²) < 4.78 is 7.24. The van der Waals surface area contributed by atoms with Crippen LogP contribution >= 0.6 is 0 Å². The minimum atomic E-state index is -0.550. The zero-order valence-corrected chi connectivity index (χ0v) is 12.6. The third-order valence-corrected chi connectivity index (χ3v) is 3.50. The van der Waals surface area contributed by atoms with Crippen molar-refractivity contribution < 1.29 is 9.84 Å². The lowest BCUT2D eigenvalue weighted by atomic mass is 10.0. The van der Waals surface area contributed by atoms with E-state index in [2.05, 4.69) is 12.0 Å². The molecule has 4 nitrogen and oxygen atoms in total. The lowest BCUT2D eigenvalue weighted by molar-refractivity contribution is 0.175. The van der Waals surface area contributed by atoms with Crippen LogP contribution in [0.2, 0.25) is 0 Å². The maximum Gasteiger partial charge on any atom is 0.122 e. The van der Waals surface area contributed by atoms with Crippen molar-refractivity contribution in [2.45, 2.75) is 39.8 Å². The maximum atomic E-state index is 10.4. The molecule has 0 fully saturated rings. The van der Waals surface area contributed by atoms with Gasteiger partial charge in [-0.2, -0.15) is 5.10 Å². The van der Waals surface area contributed by atoms with Gasteiger partial charge < -0.3 is 9.84 Å². The molecule has 2 aromatic rings. The highest BCUT2D eigenvalue weighted by Gasteiger charge is 2.14. The molecule has 0 radical (unpaired) electrons. The van der Waals surface area contributed by atoms with Crippen molar-refractivity contribution in [3.63, 3.8) is 0 Å². The Bertz CT molecular complexity index is 590. The Morgan fingerprint density at radius 2 is 2.05 bits per heavy atom. The molecule has 0 aliphatic carbocycles. The van der Waals surface area contributed by atoms with Gasteiger partial charge in [0.05, 0.1) is 18.9 Å². The largest absolute Gasteiger partial charge is 0.496 e. The van der Waals surface area contributed by atoms with E-state index in [1.807, 2.05) is 42.8 Å². The second-order valence-corrected chi connectivity index (χ2v) is 5.04. The van der Waals surface area contributed by atoms with Gasteiger partial charge in [-0.15, -0.1) is 0 Å². The molecule has 1 unspecified atom stereocenters. The molecule has 0 aliphatic heterocycles. The summed E-state index contributed by atoms with van der Waals surface area (Å²) in [6, 6.07) is 7.85. The second-order valence-electron chi connectivity index (χ2n) is 5.04. The minimum Gasteiger partial charge on any atom is -0.496 e. The lowest BCUT2D eigenvalue weighted by Crippen LogP contribution is -2.08. The van der Waals surface area contributed by atoms with E-state index in [0.717, 1.165) is 34.8 Å². The molecule has 20 heavy (non-hydrogen) atoms. The molecule has 1 aromatic heterocycles. The van der Waals surface area contributed by atoms with Crippen LogP contribution in [0.15, 0.2) is 24.3 Å². The molecule has 1 aromatic carbocycles. The highest BCUT2D eigenvalue weighted by atomic mass is 16.5. The number of hydrogen-bond donors (Lipinski definition) is 1. The quantitative estimate of drug-likeness (QED) is 0.912. The van der Waals surface area contributed by atoms with E-state index in [-0.39, 0.29) is 0 Å². The predicted molar refractivity (Wildman–Crippen MR) is 79.0 cm³/mol. The summed E-state index contributed by atoms with van der Waals surface area (Å²) in [5, 5.41) is 14.8. The molecule has 1 N–H and O–H groups in total. The number of nitrogens with zero attached hydrogens (tertiary/aromatic N) is 2. The third kappa shape index (κ3) is 3.02. The first-order chi connectivity index (χ1) is 9.55. The van der Waals surface area contributed by atoms with Crippen LogP contribution in [-0.4, -0.2) is 22.0 Å². The number of hydrogen-bond acceptors (Lipinski definition) is 3. The zero-order valence-electron chi connectivity index (χ0n) is 12.6. The molecular weight excluding hydrogens is 252 g/mol. The van der Waals surface area contributed by atoms with Gasteiger partial charge in [0.2, 0.25) is 0 Å². The van der Waals surface area contributed by atoms with Gasteiger partial charge >= 0.3 is 0 Å². The normalized spacial score (nSPS) is 12.4. The average Bonchev–Trinajstić information content (AvgIpc) is 2.79. The van der Waals surface area contributed by atoms with Crippen LogP contribution in [0, 0.1) is 13.8 Å². The monoisotopic (exact) mass is 274 g/mol. The van der Waals surface area contributed by atoms with E-state index in [9.17, 15) is 5.11 Å². The van der Waals surface area contributed by atoms with E-state index in [0.29, 0.717) is 6.42 Å². The summed E-state index contributed by atoms with van der Waals surface area (Å²) in [5.41, 5.74) is 3.97. The molecule has 1 heterocycles. The molecule has 0 saturated carbocycles. The molecule has 1 atom stereocenters. The van der Waals surface area contributed by atoms with Crippen molar-refractivity contribution in [2.75, 3.05) is 7.11 Å². The zero-order chi connectivity index (χ0) is 14.7. The highest BCUT2D eigenvalue weighted by Crippen LogP contribution is 2.25. The van der Waals surface area contributed by atoms with Gasteiger partial charge in [-0.25, -0.2) is 0 Å². The number of rotatable bonds is 5. The first-order valence-corrected chi connectivity index (χ1v) is 6.91. The van der Waals surface area contributed by atoms with Crippen molar-refractivity contribution in [1.29, 1.82) is 0 Å². The van der Waals surface area contributed by atoms with Crippen LogP contribution in [0.5, 0.6) is 5.75 Å². The van der Waals surface area contributed by atoms with Crippen LogP contribution in [-0.2, 0) is 13.0 Å². The second kappa shape index (κ2) is 6.09. The Kier molecular flexibility index (Phi) is 4.45. The predicted octanol–water partition coefficient (Wildman–Crippen LogP) is 2.80. The third-order valence-electron chi connectivity index (χ3n) is 3.50. The molecular formula is C16H22N2O2. The fourth-order valence-corrected chi connectivity index (χ4v) is 2.40. The van der Waals surface area contributed by atoms with Crippen LogP contribution in [0.4, 0.5) is 0 Å². The van der Waals surface area contributed by atoms with E-state index in [1.165, 1.54) is 0 Å². The van der Waals surface area contributed by atoms with Crippen molar-refractivity contribution in [3.8, 4) is 5.75 Å². The summed E-state index contributed by atoms with van der Waals surface area (Å²) in [5.74, 6) is 0.807. The summed E-state index contributed by atoms with van der Waals surface area (Å²) in [4.78, 5) is 0. The number of aliphatic hydroxyl groups is 1. The number of aromatic nitrogens is 2. The van der Waals surface area contributed by atoms with Gasteiger partial charge in [-0.05, 0) is 44.0 Å². The topological polar surface area (TPSA) is 47.3 Å². The van der Waals surface area contributed by atoms with Gasteiger partial charge in [0, 0.05) is 18.7 Å². The molecule has 0 spiro atoms. The minimum absolute atomic E-state index is 0.550. The van der Waals surface area contributed by atoms with E-state index in [1.54, 1.807) is 7.11 Å². The van der Waals surface area contributed by atoms with Crippen LogP contribution < -0.4 is 4.74 Å². The van der Waals surface area contributed by atoms with Crippen LogP contribution in [0.3, 0.4) is 0 Å². The molecule has 4 heteroatoms. The molecule has 0 amide bonds. The molecule has 2 rings (SSSR count). The lowest BCUT2D eigenvalue weighted by Gasteiger charge is -2.14. The Morgan fingerprint density at radius 3 is 2.70 bits per heavy atom. The SMILES string of the molecule is CCn1nc(C)cc1CC(O)c1ccc(C)c(OC)c1. The maximum absolute atomic E-state index is 10.4. The van der Waals surface area contributed by atoms with Gasteiger partial charge in [0.25, 0.3) is 0 Å². The molecule has 0 aliphatic rings. The first-order valence-electron chi connectivity index (χ1n) is 6.91. The fraction of sp³-hybridized carbons (Fsp3) is 0.438. The summed E-state index contributed by atoms with van der Waals surface area (Å²) in [7, 11) is 1.65. The Morgan fingerprint density at radius 1 is 1.30 bits per heavy atom. The highest BCUT2D eigenvalue weighted by molar-refractivity contribution is 5.37. The van der Waals surface area contributed by atoms with Crippen molar-refractivity contribution in [3.05, 3.63) is 46.8 Å². The number of ether oxygens (including phenoxy) is 1. The smallest absolute Gasteiger partial charge is 0.122 e. The summed E-state index contributed by atoms with van der Waals surface area (Å²) >= 11 is 0. The van der Waals surface area contributed by atoms with Gasteiger partial charge in [-0.3, -0.25) is 4.68 Å². The van der Waals surface area contributed by atoms with E-state index >= 15 is 0 Å². The molecule has 0 saturated heterocycles. The van der Waals surface area contributed by atoms with Gasteiger partial charge in [-0.1, -0.05) is 12.1 Å². The average molecular weight is 274 g/mol. The fourth-order valence-electron chi connectivity index (χ4n) is 2.40. The van der Waals surface area contributed by atoms with Gasteiger partial charge in [0.15, 0.2) is 0 Å². The number of aliphatic hydroxyl groups excluding tert-OH is 1. The van der Waals surface area contributed by atoms with E-state index < -0.39 is 6.10 Å². The number of methoxy groups -OCH3 is 1. The standard InChI is InChI=1S/C16H22N2O2/c1-5-18-14(8-12(3)17-18)10-15(19)13-7-6-11(2)16(9-13)20-4/h6-9,15,19H,5,10H2,1-4H3. The number of aryl methyl sites for hydroxylation is 3. The molecule has 108 valence electrons. The van der Waals surface area contributed by atoms with Crippen molar-refractivity contribution >= 4 is 0 Å². The number of benzene rings is 1. The van der Waals surface area contributed by atoms with Crippen LogP contribution in [0.1, 0.15) is 35.5 Å². The summed E-state index contributed by atoms with van der Waals surface area (Å²) in [6.45, 7) is 6.83. The van der Waals surface area contributed by atoms with Gasteiger partial charge in [0.1, 0.15) is 5.75 Å². The Balaban J connectivity index is 2.21. The van der Waals surface area contributed by atoms with E-state index in [4.69, 9.17) is 4.74 Å². The molecule has 0 bridgehead atoms. The van der Waals surface area contributed by atoms with Crippen LogP contribution in [0.25, 0.3) is 0 Å². The Hall–Kier alpha value is -1.81. The first kappa shape index (κ1) is 14.6. The summed E-state index contributed by atoms with van der Waals surface area (Å²) in [6.07, 6.45) is 0.00635. The van der Waals surface area contributed by atoms with Crippen molar-refractivity contribution in [1.82, 2.24) is 9.78 Å². The van der Waals surface area contributed by atoms with Crippen molar-refractivity contribution in [2.24, 2.45) is 0 Å².